The second-order valence-electron chi connectivity index (χ2n) is 4.56. The lowest BCUT2D eigenvalue weighted by Gasteiger charge is -2.11. The summed E-state index contributed by atoms with van der Waals surface area (Å²) in [5, 5.41) is 11.7. The van der Waals surface area contributed by atoms with Crippen molar-refractivity contribution in [3.63, 3.8) is 0 Å². The lowest BCUT2D eigenvalue weighted by Crippen LogP contribution is -2.32. The average molecular weight is 253 g/mol. The summed E-state index contributed by atoms with van der Waals surface area (Å²) in [6, 6.07) is 3.29. The second kappa shape index (κ2) is 4.87. The lowest BCUT2D eigenvalue weighted by atomic mass is 10.1. The molecular formula is C12H15NO3S. The van der Waals surface area contributed by atoms with Crippen LogP contribution in [0.3, 0.4) is 0 Å². The molecular weight excluding hydrogens is 238 g/mol. The van der Waals surface area contributed by atoms with Crippen LogP contribution in [-0.2, 0) is 0 Å². The Balaban J connectivity index is 1.97. The monoisotopic (exact) mass is 253 g/mol. The van der Waals surface area contributed by atoms with Crippen molar-refractivity contribution in [3.8, 4) is 0 Å². The molecule has 2 rings (SSSR count). The zero-order valence-corrected chi connectivity index (χ0v) is 10.4. The first-order valence-corrected chi connectivity index (χ1v) is 6.52. The molecule has 0 bridgehead atoms. The molecule has 1 fully saturated rings. The molecule has 1 heterocycles. The topological polar surface area (TPSA) is 66.4 Å². The summed E-state index contributed by atoms with van der Waals surface area (Å²) in [5.74, 6) is -0.469. The first-order valence-electron chi connectivity index (χ1n) is 5.70. The molecule has 1 amide bonds. The normalized spacial score (nSPS) is 23.6. The molecule has 0 aromatic carbocycles. The maximum absolute atomic E-state index is 11.8. The van der Waals surface area contributed by atoms with E-state index < -0.39 is 5.97 Å². The number of carboxylic acid groups (broad SMARTS) is 1. The number of thiophene rings is 1. The van der Waals surface area contributed by atoms with Crippen molar-refractivity contribution in [3.05, 3.63) is 21.9 Å². The fourth-order valence-electron chi connectivity index (χ4n) is 2.17. The number of carboxylic acids is 1. The van der Waals surface area contributed by atoms with Gasteiger partial charge in [0.25, 0.3) is 5.91 Å². The van der Waals surface area contributed by atoms with Gasteiger partial charge in [0, 0.05) is 6.04 Å². The van der Waals surface area contributed by atoms with Crippen molar-refractivity contribution in [2.45, 2.75) is 32.2 Å². The van der Waals surface area contributed by atoms with E-state index in [1.807, 2.05) is 0 Å². The van der Waals surface area contributed by atoms with Crippen LogP contribution >= 0.6 is 11.3 Å². The van der Waals surface area contributed by atoms with Gasteiger partial charge in [-0.2, -0.15) is 0 Å². The molecule has 2 N–H and O–H groups in total. The van der Waals surface area contributed by atoms with Crippen LogP contribution in [0.2, 0.25) is 0 Å². The van der Waals surface area contributed by atoms with Crippen LogP contribution in [0.25, 0.3) is 0 Å². The maximum Gasteiger partial charge on any atom is 0.345 e. The molecule has 1 aromatic heterocycles. The van der Waals surface area contributed by atoms with Gasteiger partial charge in [-0.25, -0.2) is 4.79 Å². The molecule has 2 unspecified atom stereocenters. The van der Waals surface area contributed by atoms with E-state index >= 15 is 0 Å². The Morgan fingerprint density at radius 3 is 2.59 bits per heavy atom. The average Bonchev–Trinajstić information content (AvgIpc) is 2.86. The molecule has 1 aromatic rings. The number of rotatable bonds is 3. The van der Waals surface area contributed by atoms with Gasteiger partial charge in [-0.1, -0.05) is 6.92 Å². The van der Waals surface area contributed by atoms with Crippen molar-refractivity contribution < 1.29 is 14.7 Å². The van der Waals surface area contributed by atoms with Crippen LogP contribution in [0.4, 0.5) is 0 Å². The second-order valence-corrected chi connectivity index (χ2v) is 5.64. The van der Waals surface area contributed by atoms with Gasteiger partial charge in [-0.15, -0.1) is 11.3 Å². The minimum absolute atomic E-state index is 0.151. The van der Waals surface area contributed by atoms with Crippen molar-refractivity contribution in [1.29, 1.82) is 0 Å². The van der Waals surface area contributed by atoms with E-state index in [1.54, 1.807) is 6.07 Å². The van der Waals surface area contributed by atoms with Gasteiger partial charge in [0.2, 0.25) is 0 Å². The highest BCUT2D eigenvalue weighted by Crippen LogP contribution is 2.25. The van der Waals surface area contributed by atoms with E-state index in [0.29, 0.717) is 10.8 Å². The molecule has 0 aliphatic heterocycles. The predicted molar refractivity (Wildman–Crippen MR) is 65.5 cm³/mol. The molecule has 1 aliphatic rings. The Hall–Kier alpha value is -1.36. The van der Waals surface area contributed by atoms with Gasteiger partial charge in [-0.3, -0.25) is 4.79 Å². The summed E-state index contributed by atoms with van der Waals surface area (Å²) in [4.78, 5) is 23.2. The van der Waals surface area contributed by atoms with Crippen molar-refractivity contribution in [2.75, 3.05) is 0 Å². The number of aromatic carboxylic acids is 1. The molecule has 4 nitrogen and oxygen atoms in total. The van der Waals surface area contributed by atoms with E-state index in [4.69, 9.17) is 5.11 Å². The van der Waals surface area contributed by atoms with Crippen molar-refractivity contribution >= 4 is 23.2 Å². The Labute approximate surface area is 104 Å². The van der Waals surface area contributed by atoms with Crippen LogP contribution in [0.15, 0.2) is 12.1 Å². The summed E-state index contributed by atoms with van der Waals surface area (Å²) in [5.41, 5.74) is 0. The highest BCUT2D eigenvalue weighted by atomic mass is 32.1. The summed E-state index contributed by atoms with van der Waals surface area (Å²) in [6.45, 7) is 2.18. The number of nitrogens with one attached hydrogen (secondary N) is 1. The third kappa shape index (κ3) is 2.85. The van der Waals surface area contributed by atoms with E-state index in [-0.39, 0.29) is 16.8 Å². The molecule has 0 saturated heterocycles. The molecule has 2 atom stereocenters. The summed E-state index contributed by atoms with van der Waals surface area (Å²) >= 11 is 1.02. The van der Waals surface area contributed by atoms with Crippen LogP contribution in [-0.4, -0.2) is 23.0 Å². The van der Waals surface area contributed by atoms with Gasteiger partial charge in [0.05, 0.1) is 4.88 Å². The third-order valence-electron chi connectivity index (χ3n) is 3.07. The van der Waals surface area contributed by atoms with Crippen LogP contribution in [0, 0.1) is 5.92 Å². The summed E-state index contributed by atoms with van der Waals surface area (Å²) < 4.78 is 0. The number of amides is 1. The lowest BCUT2D eigenvalue weighted by molar-refractivity contribution is 0.0702. The van der Waals surface area contributed by atoms with Crippen LogP contribution in [0.5, 0.6) is 0 Å². The molecule has 0 radical (unpaired) electrons. The van der Waals surface area contributed by atoms with Gasteiger partial charge in [0.15, 0.2) is 0 Å². The van der Waals surface area contributed by atoms with Gasteiger partial charge < -0.3 is 10.4 Å². The Morgan fingerprint density at radius 1 is 1.35 bits per heavy atom. The Bertz CT molecular complexity index is 441. The molecule has 5 heteroatoms. The first-order chi connectivity index (χ1) is 8.06. The minimum Gasteiger partial charge on any atom is -0.477 e. The molecule has 92 valence electrons. The van der Waals surface area contributed by atoms with Crippen LogP contribution < -0.4 is 5.32 Å². The molecule has 1 saturated carbocycles. The first kappa shape index (κ1) is 12.1. The van der Waals surface area contributed by atoms with Crippen molar-refractivity contribution in [1.82, 2.24) is 5.32 Å². The number of carbonyl (C=O) groups is 2. The SMILES string of the molecule is CC1CCC(NC(=O)c2ccc(C(=O)O)s2)C1. The fraction of sp³-hybridized carbons (Fsp3) is 0.500. The van der Waals surface area contributed by atoms with Gasteiger partial charge >= 0.3 is 5.97 Å². The third-order valence-corrected chi connectivity index (χ3v) is 4.14. The Morgan fingerprint density at radius 2 is 2.06 bits per heavy atom. The van der Waals surface area contributed by atoms with E-state index in [9.17, 15) is 9.59 Å². The number of carbonyl (C=O) groups excluding carboxylic acids is 1. The molecule has 17 heavy (non-hydrogen) atoms. The van der Waals surface area contributed by atoms with E-state index in [2.05, 4.69) is 12.2 Å². The quantitative estimate of drug-likeness (QED) is 0.869. The highest BCUT2D eigenvalue weighted by Gasteiger charge is 2.23. The maximum atomic E-state index is 11.8. The largest absolute Gasteiger partial charge is 0.477 e. The minimum atomic E-state index is -0.983. The zero-order valence-electron chi connectivity index (χ0n) is 9.60. The summed E-state index contributed by atoms with van der Waals surface area (Å²) in [7, 11) is 0. The highest BCUT2D eigenvalue weighted by molar-refractivity contribution is 7.15. The molecule has 0 spiro atoms. The Kier molecular flexibility index (Phi) is 3.47. The van der Waals surface area contributed by atoms with E-state index in [0.717, 1.165) is 30.6 Å². The number of hydrogen-bond donors (Lipinski definition) is 2. The number of hydrogen-bond acceptors (Lipinski definition) is 3. The van der Waals surface area contributed by atoms with Gasteiger partial charge in [-0.05, 0) is 37.3 Å². The fourth-order valence-corrected chi connectivity index (χ4v) is 2.92. The van der Waals surface area contributed by atoms with Gasteiger partial charge in [0.1, 0.15) is 4.88 Å². The predicted octanol–water partition coefficient (Wildman–Crippen LogP) is 2.36. The zero-order chi connectivity index (χ0) is 12.4. The standard InChI is InChI=1S/C12H15NO3S/c1-7-2-3-8(6-7)13-11(14)9-4-5-10(17-9)12(15)16/h4-5,7-8H,2-3,6H2,1H3,(H,13,14)(H,15,16). The smallest absolute Gasteiger partial charge is 0.345 e. The van der Waals surface area contributed by atoms with Crippen LogP contribution in [0.1, 0.15) is 45.5 Å². The summed E-state index contributed by atoms with van der Waals surface area (Å²) in [6.07, 6.45) is 3.18. The van der Waals surface area contributed by atoms with Crippen molar-refractivity contribution in [2.24, 2.45) is 5.92 Å². The van der Waals surface area contributed by atoms with E-state index in [1.165, 1.54) is 6.07 Å². The molecule has 1 aliphatic carbocycles.